The van der Waals surface area contributed by atoms with Crippen LogP contribution in [0.4, 0.5) is 18.0 Å². The van der Waals surface area contributed by atoms with E-state index >= 15 is 0 Å². The fourth-order valence-electron chi connectivity index (χ4n) is 4.28. The van der Waals surface area contributed by atoms with Gasteiger partial charge in [-0.3, -0.25) is 4.79 Å². The number of carbonyl (C=O) groups excluding carboxylic acids is 2. The van der Waals surface area contributed by atoms with E-state index in [4.69, 9.17) is 13.9 Å². The first kappa shape index (κ1) is 26.4. The lowest BCUT2D eigenvalue weighted by Crippen LogP contribution is -2.40. The molecule has 0 spiro atoms. The minimum atomic E-state index is -4.49. The highest BCUT2D eigenvalue weighted by Crippen LogP contribution is 2.33. The van der Waals surface area contributed by atoms with Crippen LogP contribution in [0.25, 0.3) is 11.0 Å². The normalized spacial score (nSPS) is 16.2. The second-order valence-corrected chi connectivity index (χ2v) is 10.0. The summed E-state index contributed by atoms with van der Waals surface area (Å²) in [5, 5.41) is 3.43. The van der Waals surface area contributed by atoms with Gasteiger partial charge in [0.15, 0.2) is 0 Å². The van der Waals surface area contributed by atoms with E-state index in [1.807, 2.05) is 0 Å². The van der Waals surface area contributed by atoms with Crippen LogP contribution in [-0.4, -0.2) is 41.6 Å². The Labute approximate surface area is 212 Å². The zero-order chi connectivity index (χ0) is 27.0. The Balaban J connectivity index is 1.47. The van der Waals surface area contributed by atoms with Crippen LogP contribution in [0.15, 0.2) is 46.9 Å². The fourth-order valence-corrected chi connectivity index (χ4v) is 4.28. The van der Waals surface area contributed by atoms with Crippen molar-refractivity contribution in [3.8, 4) is 5.75 Å². The number of ether oxygens (including phenoxy) is 2. The van der Waals surface area contributed by atoms with Crippen LogP contribution in [0.1, 0.15) is 54.4 Å². The van der Waals surface area contributed by atoms with Crippen molar-refractivity contribution in [2.75, 3.05) is 13.1 Å². The number of likely N-dealkylation sites (tertiary alicyclic amines) is 1. The SMILES string of the molecule is Cc1oc2ccc(OCc3ccccc3C(F)(F)F)cc2c1C(=O)N[C@H]1CCN(C(=O)OC(C)(C)C)C1. The van der Waals surface area contributed by atoms with Gasteiger partial charge in [0.1, 0.15) is 29.3 Å². The van der Waals surface area contributed by atoms with Gasteiger partial charge in [-0.05, 0) is 58.4 Å². The van der Waals surface area contributed by atoms with Gasteiger partial charge in [0.2, 0.25) is 0 Å². The zero-order valence-corrected chi connectivity index (χ0v) is 21.1. The number of rotatable bonds is 5. The number of benzene rings is 2. The van der Waals surface area contributed by atoms with E-state index in [1.165, 1.54) is 18.2 Å². The lowest BCUT2D eigenvalue weighted by molar-refractivity contribution is -0.138. The van der Waals surface area contributed by atoms with Gasteiger partial charge >= 0.3 is 12.3 Å². The second kappa shape index (κ2) is 9.99. The van der Waals surface area contributed by atoms with E-state index in [0.29, 0.717) is 47.6 Å². The monoisotopic (exact) mass is 518 g/mol. The third kappa shape index (κ3) is 6.18. The molecule has 4 rings (SSSR count). The van der Waals surface area contributed by atoms with E-state index < -0.39 is 23.4 Å². The van der Waals surface area contributed by atoms with Crippen LogP contribution in [-0.2, 0) is 17.5 Å². The van der Waals surface area contributed by atoms with Gasteiger partial charge in [0.25, 0.3) is 5.91 Å². The number of furan rings is 1. The van der Waals surface area contributed by atoms with Crippen molar-refractivity contribution in [2.24, 2.45) is 0 Å². The van der Waals surface area contributed by atoms with E-state index in [0.717, 1.165) is 6.07 Å². The van der Waals surface area contributed by atoms with Crippen LogP contribution in [0.2, 0.25) is 0 Å². The average Bonchev–Trinajstić information content (AvgIpc) is 3.39. The Morgan fingerprint density at radius 1 is 1.14 bits per heavy atom. The maximum absolute atomic E-state index is 13.3. The molecule has 1 N–H and O–H groups in total. The van der Waals surface area contributed by atoms with Crippen molar-refractivity contribution in [1.82, 2.24) is 10.2 Å². The Bertz CT molecular complexity index is 1310. The highest BCUT2D eigenvalue weighted by molar-refractivity contribution is 6.07. The first-order valence-corrected chi connectivity index (χ1v) is 11.9. The largest absolute Gasteiger partial charge is 0.489 e. The first-order valence-electron chi connectivity index (χ1n) is 11.9. The summed E-state index contributed by atoms with van der Waals surface area (Å²) in [6.07, 6.45) is -4.34. The van der Waals surface area contributed by atoms with Crippen molar-refractivity contribution in [2.45, 2.75) is 58.5 Å². The van der Waals surface area contributed by atoms with Gasteiger partial charge < -0.3 is 24.1 Å². The molecule has 0 bridgehead atoms. The number of halogens is 3. The summed E-state index contributed by atoms with van der Waals surface area (Å²) in [6, 6.07) is 9.74. The standard InChI is InChI=1S/C27H29F3N2O5/c1-16-23(24(33)31-18-11-12-32(14-18)25(34)37-26(2,3)4)20-13-19(9-10-22(20)36-16)35-15-17-7-5-6-8-21(17)27(28,29)30/h5-10,13,18H,11-12,14-15H2,1-4H3,(H,31,33)/t18-/m0/s1. The maximum atomic E-state index is 13.3. The zero-order valence-electron chi connectivity index (χ0n) is 21.1. The molecule has 1 fully saturated rings. The van der Waals surface area contributed by atoms with Crippen molar-refractivity contribution in [1.29, 1.82) is 0 Å². The van der Waals surface area contributed by atoms with E-state index in [1.54, 1.807) is 50.8 Å². The van der Waals surface area contributed by atoms with Crippen LogP contribution < -0.4 is 10.1 Å². The molecule has 3 aromatic rings. The Hall–Kier alpha value is -3.69. The predicted molar refractivity (Wildman–Crippen MR) is 130 cm³/mol. The summed E-state index contributed by atoms with van der Waals surface area (Å²) in [5.41, 5.74) is -0.598. The average molecular weight is 519 g/mol. The second-order valence-electron chi connectivity index (χ2n) is 10.0. The molecule has 2 amide bonds. The molecule has 2 heterocycles. The smallest absolute Gasteiger partial charge is 0.416 e. The number of hydrogen-bond donors (Lipinski definition) is 1. The highest BCUT2D eigenvalue weighted by Gasteiger charge is 2.33. The minimum absolute atomic E-state index is 0.00668. The predicted octanol–water partition coefficient (Wildman–Crippen LogP) is 6.08. The highest BCUT2D eigenvalue weighted by atomic mass is 19.4. The van der Waals surface area contributed by atoms with Gasteiger partial charge in [-0.15, -0.1) is 0 Å². The van der Waals surface area contributed by atoms with Gasteiger partial charge in [0, 0.05) is 30.1 Å². The van der Waals surface area contributed by atoms with Crippen molar-refractivity contribution >= 4 is 23.0 Å². The number of fused-ring (bicyclic) bond motifs is 1. The molecule has 0 aliphatic carbocycles. The molecule has 10 heteroatoms. The Morgan fingerprint density at radius 3 is 2.57 bits per heavy atom. The molecule has 0 unspecified atom stereocenters. The first-order chi connectivity index (χ1) is 17.3. The van der Waals surface area contributed by atoms with Gasteiger partial charge in [-0.2, -0.15) is 13.2 Å². The fraction of sp³-hybridized carbons (Fsp3) is 0.407. The van der Waals surface area contributed by atoms with Crippen molar-refractivity contribution in [3.63, 3.8) is 0 Å². The van der Waals surface area contributed by atoms with Gasteiger partial charge in [0.05, 0.1) is 11.1 Å². The maximum Gasteiger partial charge on any atom is 0.416 e. The van der Waals surface area contributed by atoms with Gasteiger partial charge in [-0.25, -0.2) is 4.79 Å². The van der Waals surface area contributed by atoms with Crippen molar-refractivity contribution in [3.05, 3.63) is 64.9 Å². The molecular formula is C27H29F3N2O5. The molecule has 1 aliphatic heterocycles. The van der Waals surface area contributed by atoms with E-state index in [2.05, 4.69) is 5.32 Å². The Kier molecular flexibility index (Phi) is 7.12. The third-order valence-corrected chi connectivity index (χ3v) is 5.95. The summed E-state index contributed by atoms with van der Waals surface area (Å²) < 4.78 is 56.7. The molecule has 0 saturated carbocycles. The molecule has 1 aromatic heterocycles. The molecule has 2 aromatic carbocycles. The summed E-state index contributed by atoms with van der Waals surface area (Å²) in [4.78, 5) is 27.1. The van der Waals surface area contributed by atoms with Crippen LogP contribution >= 0.6 is 0 Å². The number of amides is 2. The summed E-state index contributed by atoms with van der Waals surface area (Å²) in [6.45, 7) is 7.53. The number of hydrogen-bond acceptors (Lipinski definition) is 5. The quantitative estimate of drug-likeness (QED) is 0.443. The molecule has 1 saturated heterocycles. The van der Waals surface area contributed by atoms with E-state index in [9.17, 15) is 22.8 Å². The Morgan fingerprint density at radius 2 is 1.86 bits per heavy atom. The number of alkyl halides is 3. The molecule has 37 heavy (non-hydrogen) atoms. The molecule has 1 aliphatic rings. The molecular weight excluding hydrogens is 489 g/mol. The van der Waals surface area contributed by atoms with Crippen LogP contribution in [0, 0.1) is 6.92 Å². The number of aryl methyl sites for hydroxylation is 1. The molecule has 0 radical (unpaired) electrons. The lowest BCUT2D eigenvalue weighted by atomic mass is 10.1. The third-order valence-electron chi connectivity index (χ3n) is 5.95. The van der Waals surface area contributed by atoms with E-state index in [-0.39, 0.29) is 24.1 Å². The summed E-state index contributed by atoms with van der Waals surface area (Å²) in [7, 11) is 0. The van der Waals surface area contributed by atoms with Crippen LogP contribution in [0.5, 0.6) is 5.75 Å². The van der Waals surface area contributed by atoms with Gasteiger partial charge in [-0.1, -0.05) is 18.2 Å². The minimum Gasteiger partial charge on any atom is -0.489 e. The molecule has 7 nitrogen and oxygen atoms in total. The summed E-state index contributed by atoms with van der Waals surface area (Å²) in [5.74, 6) is 0.331. The van der Waals surface area contributed by atoms with Crippen LogP contribution in [0.3, 0.4) is 0 Å². The number of nitrogens with zero attached hydrogens (tertiary/aromatic N) is 1. The van der Waals surface area contributed by atoms with Crippen molar-refractivity contribution < 1.29 is 36.7 Å². The number of nitrogens with one attached hydrogen (secondary N) is 1. The summed E-state index contributed by atoms with van der Waals surface area (Å²) >= 11 is 0. The lowest BCUT2D eigenvalue weighted by Gasteiger charge is -2.24. The topological polar surface area (TPSA) is 81.0 Å². The molecule has 198 valence electrons. The number of carbonyl (C=O) groups is 2. The molecule has 1 atom stereocenters.